The van der Waals surface area contributed by atoms with Crippen LogP contribution in [0.5, 0.6) is 0 Å². The summed E-state index contributed by atoms with van der Waals surface area (Å²) in [4.78, 5) is 27.8. The molecule has 8 rings (SSSR count). The first-order chi connectivity index (χ1) is 22.5. The highest BCUT2D eigenvalue weighted by Gasteiger charge is 2.31. The monoisotopic (exact) mass is 629 g/mol. The molecule has 0 spiro atoms. The van der Waals surface area contributed by atoms with Crippen LogP contribution in [-0.4, -0.2) is 89.0 Å². The van der Waals surface area contributed by atoms with E-state index in [9.17, 15) is 0 Å². The predicted molar refractivity (Wildman–Crippen MR) is 192 cm³/mol. The Labute approximate surface area is 276 Å². The number of hydrogen-bond acceptors (Lipinski definition) is 10. The van der Waals surface area contributed by atoms with Crippen LogP contribution in [-0.2, 0) is 5.41 Å². The summed E-state index contributed by atoms with van der Waals surface area (Å²) in [5.74, 6) is 1.83. The molecule has 4 aromatic rings. The zero-order valence-corrected chi connectivity index (χ0v) is 28.3. The van der Waals surface area contributed by atoms with Crippen LogP contribution < -0.4 is 19.6 Å². The SMILES string of the molecule is CN1C=CN(c2cc3c(cn2)c2cnc(N4C=CN(C)C4)cc2n3-c2cc(N3C=CN(C)C3)c(C(C)(C)C)c(N3C=CN(C)C3)c2)C1. The van der Waals surface area contributed by atoms with E-state index >= 15 is 0 Å². The summed E-state index contributed by atoms with van der Waals surface area (Å²) < 4.78 is 2.42. The van der Waals surface area contributed by atoms with Crippen molar-refractivity contribution >= 4 is 44.8 Å². The maximum absolute atomic E-state index is 4.95. The van der Waals surface area contributed by atoms with Gasteiger partial charge < -0.3 is 43.8 Å². The zero-order valence-electron chi connectivity index (χ0n) is 28.3. The molecule has 7 heterocycles. The molecule has 0 atom stereocenters. The van der Waals surface area contributed by atoms with E-state index in [0.29, 0.717) is 0 Å². The molecule has 0 aliphatic carbocycles. The lowest BCUT2D eigenvalue weighted by atomic mass is 9.83. The Morgan fingerprint density at radius 1 is 0.511 bits per heavy atom. The standard InChI is InChI=1S/C36H43N11/c1-36(2,3)35-31(43-12-8-39(4)22-43)16-26(17-32(35)44-13-9-40(5)23-44)47-29-18-33(45-14-10-41(6)24-45)37-20-27(29)28-21-38-34(19-30(28)47)46-15-11-42(7)25-46/h8-21H,22-25H2,1-7H3. The van der Waals surface area contributed by atoms with Gasteiger partial charge in [-0.1, -0.05) is 20.8 Å². The van der Waals surface area contributed by atoms with Gasteiger partial charge in [-0.05, 0) is 17.5 Å². The second-order valence-electron chi connectivity index (χ2n) is 14.2. The molecule has 0 fully saturated rings. The summed E-state index contributed by atoms with van der Waals surface area (Å²) in [5, 5.41) is 2.16. The summed E-state index contributed by atoms with van der Waals surface area (Å²) >= 11 is 0. The first-order valence-corrected chi connectivity index (χ1v) is 16.1. The van der Waals surface area contributed by atoms with E-state index in [1.54, 1.807) is 0 Å². The van der Waals surface area contributed by atoms with Crippen LogP contribution in [0.15, 0.2) is 86.3 Å². The Hall–Kier alpha value is -5.32. The van der Waals surface area contributed by atoms with Crippen molar-refractivity contribution in [3.05, 3.63) is 91.8 Å². The van der Waals surface area contributed by atoms with Gasteiger partial charge in [0.1, 0.15) is 11.6 Å². The number of aromatic nitrogens is 3. The van der Waals surface area contributed by atoms with E-state index in [4.69, 9.17) is 9.97 Å². The molecule has 0 saturated heterocycles. The maximum atomic E-state index is 4.95. The lowest BCUT2D eigenvalue weighted by molar-refractivity contribution is 0.490. The van der Waals surface area contributed by atoms with Crippen molar-refractivity contribution in [3.63, 3.8) is 0 Å². The Morgan fingerprint density at radius 3 is 1.23 bits per heavy atom. The molecule has 47 heavy (non-hydrogen) atoms. The molecule has 4 aliphatic heterocycles. The van der Waals surface area contributed by atoms with Crippen LogP contribution in [0.4, 0.5) is 23.0 Å². The van der Waals surface area contributed by atoms with Crippen LogP contribution in [0.2, 0.25) is 0 Å². The molecular weight excluding hydrogens is 586 g/mol. The van der Waals surface area contributed by atoms with Crippen molar-refractivity contribution in [2.45, 2.75) is 26.2 Å². The average Bonchev–Trinajstić information content (AvgIpc) is 3.87. The Balaban J connectivity index is 1.42. The third kappa shape index (κ3) is 4.97. The summed E-state index contributed by atoms with van der Waals surface area (Å²) in [6, 6.07) is 9.21. The third-order valence-electron chi connectivity index (χ3n) is 9.31. The van der Waals surface area contributed by atoms with E-state index in [2.05, 4.69) is 167 Å². The zero-order chi connectivity index (χ0) is 32.6. The van der Waals surface area contributed by atoms with Gasteiger partial charge in [-0.15, -0.1) is 0 Å². The van der Waals surface area contributed by atoms with E-state index in [1.165, 1.54) is 16.9 Å². The smallest absolute Gasteiger partial charge is 0.136 e. The Morgan fingerprint density at radius 2 is 0.894 bits per heavy atom. The quantitative estimate of drug-likeness (QED) is 0.279. The van der Waals surface area contributed by atoms with Gasteiger partial charge in [-0.3, -0.25) is 0 Å². The first-order valence-electron chi connectivity index (χ1n) is 16.1. The van der Waals surface area contributed by atoms with Gasteiger partial charge in [0, 0.05) is 119 Å². The predicted octanol–water partition coefficient (Wildman–Crippen LogP) is 5.59. The van der Waals surface area contributed by atoms with Gasteiger partial charge in [-0.2, -0.15) is 0 Å². The average molecular weight is 630 g/mol. The molecule has 1 aromatic carbocycles. The van der Waals surface area contributed by atoms with Gasteiger partial charge in [0.25, 0.3) is 0 Å². The summed E-state index contributed by atoms with van der Waals surface area (Å²) in [5.41, 5.74) is 6.94. The number of benzene rings is 1. The molecular formula is C36H43N11. The molecule has 3 aromatic heterocycles. The van der Waals surface area contributed by atoms with Crippen LogP contribution in [0.3, 0.4) is 0 Å². The summed E-state index contributed by atoms with van der Waals surface area (Å²) in [6.07, 6.45) is 21.1. The molecule has 4 aliphatic rings. The number of fused-ring (bicyclic) bond motifs is 3. The highest BCUT2D eigenvalue weighted by Crippen LogP contribution is 2.45. The van der Waals surface area contributed by atoms with Crippen LogP contribution in [0, 0.1) is 0 Å². The van der Waals surface area contributed by atoms with Crippen molar-refractivity contribution < 1.29 is 0 Å². The highest BCUT2D eigenvalue weighted by molar-refractivity contribution is 6.10. The molecule has 0 radical (unpaired) electrons. The van der Waals surface area contributed by atoms with Gasteiger partial charge in [0.15, 0.2) is 0 Å². The summed E-state index contributed by atoms with van der Waals surface area (Å²) in [7, 11) is 8.41. The number of hydrogen-bond donors (Lipinski definition) is 0. The minimum absolute atomic E-state index is 0.107. The van der Waals surface area contributed by atoms with Crippen molar-refractivity contribution in [3.8, 4) is 5.69 Å². The molecule has 0 amide bonds. The summed E-state index contributed by atoms with van der Waals surface area (Å²) in [6.45, 7) is 10.1. The van der Waals surface area contributed by atoms with Gasteiger partial charge in [0.2, 0.25) is 0 Å². The topological polar surface area (TPSA) is 56.6 Å². The fraction of sp³-hybridized carbons (Fsp3) is 0.333. The minimum atomic E-state index is -0.107. The number of anilines is 4. The minimum Gasteiger partial charge on any atom is -0.361 e. The van der Waals surface area contributed by atoms with Crippen molar-refractivity contribution in [1.29, 1.82) is 0 Å². The van der Waals surface area contributed by atoms with E-state index in [1.807, 2.05) is 12.4 Å². The Kier molecular flexibility index (Phi) is 6.57. The first kappa shape index (κ1) is 29.1. The molecule has 0 saturated carbocycles. The molecule has 11 nitrogen and oxygen atoms in total. The molecule has 11 heteroatoms. The fourth-order valence-electron chi connectivity index (χ4n) is 7.05. The van der Waals surface area contributed by atoms with E-state index in [0.717, 1.165) is 65.8 Å². The van der Waals surface area contributed by atoms with Crippen molar-refractivity contribution in [1.82, 2.24) is 34.1 Å². The van der Waals surface area contributed by atoms with Gasteiger partial charge in [-0.25, -0.2) is 9.97 Å². The van der Waals surface area contributed by atoms with Crippen molar-refractivity contribution in [2.75, 3.05) is 74.5 Å². The largest absolute Gasteiger partial charge is 0.361 e. The number of rotatable bonds is 5. The molecule has 0 bridgehead atoms. The highest BCUT2D eigenvalue weighted by atomic mass is 15.4. The van der Waals surface area contributed by atoms with Crippen LogP contribution in [0.1, 0.15) is 26.3 Å². The van der Waals surface area contributed by atoms with Crippen LogP contribution in [0.25, 0.3) is 27.5 Å². The lowest BCUT2D eigenvalue weighted by Crippen LogP contribution is -2.29. The molecule has 0 unspecified atom stereocenters. The number of pyridine rings is 2. The third-order valence-corrected chi connectivity index (χ3v) is 9.31. The second-order valence-corrected chi connectivity index (χ2v) is 14.2. The van der Waals surface area contributed by atoms with Gasteiger partial charge in [0.05, 0.1) is 54.8 Å². The fourth-order valence-corrected chi connectivity index (χ4v) is 7.05. The maximum Gasteiger partial charge on any atom is 0.136 e. The normalized spacial score (nSPS) is 17.9. The lowest BCUT2D eigenvalue weighted by Gasteiger charge is -2.34. The van der Waals surface area contributed by atoms with E-state index in [-0.39, 0.29) is 5.41 Å². The van der Waals surface area contributed by atoms with Gasteiger partial charge >= 0.3 is 0 Å². The Bertz CT molecular complexity index is 1870. The molecule has 0 N–H and O–H groups in total. The van der Waals surface area contributed by atoms with Crippen molar-refractivity contribution in [2.24, 2.45) is 0 Å². The molecule has 242 valence electrons. The van der Waals surface area contributed by atoms with E-state index < -0.39 is 0 Å². The number of nitrogens with zero attached hydrogens (tertiary/aromatic N) is 11. The van der Waals surface area contributed by atoms with Crippen LogP contribution >= 0.6 is 0 Å². The second kappa shape index (κ2) is 10.6.